The molecule has 0 N–H and O–H groups in total. The van der Waals surface area contributed by atoms with Crippen molar-refractivity contribution in [1.29, 1.82) is 0 Å². The molecule has 1 rings (SSSR count). The van der Waals surface area contributed by atoms with E-state index in [4.69, 9.17) is 23.2 Å². The second-order valence-electron chi connectivity index (χ2n) is 5.66. The summed E-state index contributed by atoms with van der Waals surface area (Å²) >= 11 is 12.1. The standard InChI is InChI=1S/C14H23Cl2N3/c1-10(2)5-7-19(8-6-11(3)4)13-12(15)9-17-14(16)18-13/h9-11H,5-8H2,1-4H3. The number of anilines is 1. The van der Waals surface area contributed by atoms with E-state index in [9.17, 15) is 0 Å². The highest BCUT2D eigenvalue weighted by Crippen LogP contribution is 2.25. The van der Waals surface area contributed by atoms with E-state index in [0.29, 0.717) is 16.9 Å². The zero-order valence-electron chi connectivity index (χ0n) is 12.2. The number of rotatable bonds is 7. The fraction of sp³-hybridized carbons (Fsp3) is 0.714. The van der Waals surface area contributed by atoms with Crippen molar-refractivity contribution in [2.45, 2.75) is 40.5 Å². The summed E-state index contributed by atoms with van der Waals surface area (Å²) in [6, 6.07) is 0. The molecule has 5 heteroatoms. The second-order valence-corrected chi connectivity index (χ2v) is 6.41. The third kappa shape index (κ3) is 5.96. The van der Waals surface area contributed by atoms with Crippen LogP contribution in [-0.4, -0.2) is 23.1 Å². The fourth-order valence-electron chi connectivity index (χ4n) is 1.71. The summed E-state index contributed by atoms with van der Waals surface area (Å²) in [5, 5.41) is 0.815. The molecular formula is C14H23Cl2N3. The SMILES string of the molecule is CC(C)CCN(CCC(C)C)c1nc(Cl)ncc1Cl. The third-order valence-electron chi connectivity index (χ3n) is 2.95. The maximum Gasteiger partial charge on any atom is 0.224 e. The van der Waals surface area contributed by atoms with Crippen LogP contribution in [0.5, 0.6) is 0 Å². The summed E-state index contributed by atoms with van der Waals surface area (Å²) in [6.07, 6.45) is 3.79. The molecule has 1 heterocycles. The van der Waals surface area contributed by atoms with Gasteiger partial charge >= 0.3 is 0 Å². The van der Waals surface area contributed by atoms with Gasteiger partial charge in [-0.3, -0.25) is 0 Å². The predicted molar refractivity (Wildman–Crippen MR) is 83.2 cm³/mol. The van der Waals surface area contributed by atoms with Gasteiger partial charge in [-0.15, -0.1) is 0 Å². The van der Waals surface area contributed by atoms with Gasteiger partial charge in [-0.25, -0.2) is 4.98 Å². The lowest BCUT2D eigenvalue weighted by Gasteiger charge is -2.26. The Hall–Kier alpha value is -0.540. The molecule has 0 unspecified atom stereocenters. The van der Waals surface area contributed by atoms with Crippen LogP contribution in [0.1, 0.15) is 40.5 Å². The van der Waals surface area contributed by atoms with Crippen LogP contribution in [0, 0.1) is 11.8 Å². The average Bonchev–Trinajstić information content (AvgIpc) is 2.32. The number of halogens is 2. The summed E-state index contributed by atoms with van der Waals surface area (Å²) < 4.78 is 0. The molecule has 0 amide bonds. The molecule has 108 valence electrons. The van der Waals surface area contributed by atoms with Gasteiger partial charge in [0.2, 0.25) is 5.28 Å². The molecule has 1 aromatic heterocycles. The fourth-order valence-corrected chi connectivity index (χ4v) is 2.05. The Morgan fingerprint density at radius 3 is 2.05 bits per heavy atom. The van der Waals surface area contributed by atoms with E-state index in [1.54, 1.807) is 6.20 Å². The van der Waals surface area contributed by atoms with Gasteiger partial charge in [0.25, 0.3) is 0 Å². The Morgan fingerprint density at radius 1 is 1.05 bits per heavy atom. The van der Waals surface area contributed by atoms with Gasteiger partial charge < -0.3 is 4.90 Å². The topological polar surface area (TPSA) is 29.0 Å². The van der Waals surface area contributed by atoms with Crippen LogP contribution in [0.4, 0.5) is 5.82 Å². The first-order valence-corrected chi connectivity index (χ1v) is 7.58. The highest BCUT2D eigenvalue weighted by atomic mass is 35.5. The van der Waals surface area contributed by atoms with E-state index >= 15 is 0 Å². The van der Waals surface area contributed by atoms with Crippen LogP contribution >= 0.6 is 23.2 Å². The number of aromatic nitrogens is 2. The molecule has 0 spiro atoms. The number of hydrogen-bond donors (Lipinski definition) is 0. The first kappa shape index (κ1) is 16.5. The summed E-state index contributed by atoms with van der Waals surface area (Å²) in [7, 11) is 0. The first-order chi connectivity index (χ1) is 8.90. The Morgan fingerprint density at radius 2 is 1.58 bits per heavy atom. The van der Waals surface area contributed by atoms with Crippen LogP contribution in [0.3, 0.4) is 0 Å². The van der Waals surface area contributed by atoms with Gasteiger partial charge in [0.1, 0.15) is 5.02 Å². The van der Waals surface area contributed by atoms with Gasteiger partial charge in [-0.2, -0.15) is 4.98 Å². The van der Waals surface area contributed by atoms with Crippen molar-refractivity contribution in [3.63, 3.8) is 0 Å². The molecule has 0 aliphatic carbocycles. The molecule has 0 aromatic carbocycles. The third-order valence-corrected chi connectivity index (χ3v) is 3.40. The van der Waals surface area contributed by atoms with Crippen molar-refractivity contribution in [3.05, 3.63) is 16.5 Å². The first-order valence-electron chi connectivity index (χ1n) is 6.83. The van der Waals surface area contributed by atoms with Crippen LogP contribution in [0.2, 0.25) is 10.3 Å². The molecule has 0 bridgehead atoms. The molecule has 0 aliphatic rings. The van der Waals surface area contributed by atoms with E-state index in [1.807, 2.05) is 0 Å². The van der Waals surface area contributed by atoms with Crippen molar-refractivity contribution >= 4 is 29.0 Å². The Balaban J connectivity index is 2.83. The van der Waals surface area contributed by atoms with Crippen molar-refractivity contribution in [2.24, 2.45) is 11.8 Å². The smallest absolute Gasteiger partial charge is 0.224 e. The summed E-state index contributed by atoms with van der Waals surface area (Å²) in [5.41, 5.74) is 0. The molecule has 0 saturated heterocycles. The molecule has 1 aromatic rings. The maximum atomic E-state index is 6.20. The molecule has 0 aliphatic heterocycles. The van der Waals surface area contributed by atoms with Crippen LogP contribution in [0.15, 0.2) is 6.20 Å². The predicted octanol–water partition coefficient (Wildman–Crippen LogP) is 4.68. The van der Waals surface area contributed by atoms with Crippen LogP contribution in [0.25, 0.3) is 0 Å². The van der Waals surface area contributed by atoms with Gasteiger partial charge in [-0.1, -0.05) is 39.3 Å². The van der Waals surface area contributed by atoms with E-state index < -0.39 is 0 Å². The quantitative estimate of drug-likeness (QED) is 0.685. The van der Waals surface area contributed by atoms with Gasteiger partial charge in [0, 0.05) is 13.1 Å². The Labute approximate surface area is 126 Å². The minimum Gasteiger partial charge on any atom is -0.355 e. The molecule has 3 nitrogen and oxygen atoms in total. The monoisotopic (exact) mass is 303 g/mol. The number of hydrogen-bond acceptors (Lipinski definition) is 3. The Bertz CT molecular complexity index is 382. The van der Waals surface area contributed by atoms with E-state index in [2.05, 4.69) is 42.6 Å². The molecule has 0 atom stereocenters. The Kier molecular flexibility index (Phi) is 6.87. The lowest BCUT2D eigenvalue weighted by molar-refractivity contribution is 0.533. The van der Waals surface area contributed by atoms with Crippen LogP contribution < -0.4 is 4.90 Å². The highest BCUT2D eigenvalue weighted by Gasteiger charge is 2.14. The van der Waals surface area contributed by atoms with Gasteiger partial charge in [0.15, 0.2) is 5.82 Å². The van der Waals surface area contributed by atoms with Gasteiger partial charge in [-0.05, 0) is 36.3 Å². The molecule has 0 radical (unpaired) electrons. The summed E-state index contributed by atoms with van der Waals surface area (Å²) in [6.45, 7) is 10.8. The minimum absolute atomic E-state index is 0.249. The largest absolute Gasteiger partial charge is 0.355 e. The lowest BCUT2D eigenvalue weighted by Crippen LogP contribution is -2.28. The van der Waals surface area contributed by atoms with Crippen molar-refractivity contribution in [1.82, 2.24) is 9.97 Å². The highest BCUT2D eigenvalue weighted by molar-refractivity contribution is 6.33. The van der Waals surface area contributed by atoms with E-state index in [-0.39, 0.29) is 5.28 Å². The van der Waals surface area contributed by atoms with Crippen LogP contribution in [-0.2, 0) is 0 Å². The zero-order chi connectivity index (χ0) is 14.4. The maximum absolute atomic E-state index is 6.20. The molecule has 0 fully saturated rings. The van der Waals surface area contributed by atoms with Crippen molar-refractivity contribution in [3.8, 4) is 0 Å². The molecular weight excluding hydrogens is 281 g/mol. The minimum atomic E-state index is 0.249. The van der Waals surface area contributed by atoms with E-state index in [1.165, 1.54) is 0 Å². The summed E-state index contributed by atoms with van der Waals surface area (Å²) in [4.78, 5) is 10.4. The van der Waals surface area contributed by atoms with E-state index in [0.717, 1.165) is 31.7 Å². The zero-order valence-corrected chi connectivity index (χ0v) is 13.7. The average molecular weight is 304 g/mol. The molecule has 19 heavy (non-hydrogen) atoms. The number of nitrogens with zero attached hydrogens (tertiary/aromatic N) is 3. The van der Waals surface area contributed by atoms with Crippen molar-refractivity contribution in [2.75, 3.05) is 18.0 Å². The lowest BCUT2D eigenvalue weighted by atomic mass is 10.1. The van der Waals surface area contributed by atoms with Gasteiger partial charge in [0.05, 0.1) is 6.20 Å². The van der Waals surface area contributed by atoms with Crippen molar-refractivity contribution < 1.29 is 0 Å². The molecule has 0 saturated carbocycles. The second kappa shape index (κ2) is 7.91. The summed E-state index contributed by atoms with van der Waals surface area (Å²) in [5.74, 6) is 2.05. The normalized spacial score (nSPS) is 11.4.